The van der Waals surface area contributed by atoms with Crippen LogP contribution < -0.4 is 5.32 Å². The van der Waals surface area contributed by atoms with Crippen LogP contribution in [0.25, 0.3) is 0 Å². The average Bonchev–Trinajstić information content (AvgIpc) is 2.27. The molecule has 16 heavy (non-hydrogen) atoms. The van der Waals surface area contributed by atoms with Crippen molar-refractivity contribution in [1.82, 2.24) is 5.32 Å². The number of hydrogen-bond donors (Lipinski definition) is 1. The molecule has 0 radical (unpaired) electrons. The minimum Gasteiger partial charge on any atom is -0.444 e. The summed E-state index contributed by atoms with van der Waals surface area (Å²) in [6.45, 7) is 3.58. The smallest absolute Gasteiger partial charge is 0.414 e. The van der Waals surface area contributed by atoms with E-state index in [9.17, 15) is 9.59 Å². The third-order valence-corrected chi connectivity index (χ3v) is 1.96. The fourth-order valence-electron chi connectivity index (χ4n) is 1.00. The summed E-state index contributed by atoms with van der Waals surface area (Å²) in [6, 6.07) is 9.28. The quantitative estimate of drug-likeness (QED) is 0.850. The fraction of sp³-hybridized carbons (Fsp3) is 0.333. The molecule has 0 fully saturated rings. The number of carbonyl (C=O) groups excluding carboxylic acids is 2. The number of amides is 2. The van der Waals surface area contributed by atoms with Gasteiger partial charge >= 0.3 is 6.09 Å². The molecule has 0 saturated heterocycles. The summed E-state index contributed by atoms with van der Waals surface area (Å²) in [5.74, 6) is -0.567. The number of hydrogen-bond acceptors (Lipinski definition) is 3. The van der Waals surface area contributed by atoms with Crippen molar-refractivity contribution in [3.8, 4) is 0 Å². The number of imide groups is 1. The van der Waals surface area contributed by atoms with Crippen molar-refractivity contribution in [3.63, 3.8) is 0 Å². The minimum absolute atomic E-state index is 0.165. The monoisotopic (exact) mass is 221 g/mol. The van der Waals surface area contributed by atoms with Crippen LogP contribution in [-0.4, -0.2) is 12.0 Å². The normalized spacial score (nSPS) is 9.94. The van der Waals surface area contributed by atoms with E-state index in [4.69, 9.17) is 4.74 Å². The zero-order chi connectivity index (χ0) is 12.0. The first-order valence-electron chi connectivity index (χ1n) is 5.11. The summed E-state index contributed by atoms with van der Waals surface area (Å²) in [5.41, 5.74) is 0.884. The second-order valence-corrected chi connectivity index (χ2v) is 3.71. The van der Waals surface area contributed by atoms with Gasteiger partial charge in [0.05, 0.1) is 0 Å². The molecule has 1 aromatic carbocycles. The first-order chi connectivity index (χ1) is 7.59. The van der Waals surface area contributed by atoms with Crippen LogP contribution in [0.15, 0.2) is 30.3 Å². The Bertz CT molecular complexity index is 360. The lowest BCUT2D eigenvalue weighted by Crippen LogP contribution is -2.33. The topological polar surface area (TPSA) is 55.4 Å². The predicted molar refractivity (Wildman–Crippen MR) is 59.6 cm³/mol. The van der Waals surface area contributed by atoms with Crippen LogP contribution in [0.2, 0.25) is 0 Å². The van der Waals surface area contributed by atoms with E-state index in [0.717, 1.165) is 5.56 Å². The van der Waals surface area contributed by atoms with Crippen molar-refractivity contribution < 1.29 is 14.3 Å². The lowest BCUT2D eigenvalue weighted by molar-refractivity contribution is -0.123. The molecule has 4 nitrogen and oxygen atoms in total. The van der Waals surface area contributed by atoms with Gasteiger partial charge in [0.25, 0.3) is 0 Å². The van der Waals surface area contributed by atoms with Crippen LogP contribution in [0.3, 0.4) is 0 Å². The van der Waals surface area contributed by atoms with Crippen LogP contribution in [0, 0.1) is 5.92 Å². The molecule has 2 amide bonds. The number of nitrogens with one attached hydrogen (secondary N) is 1. The van der Waals surface area contributed by atoms with E-state index < -0.39 is 6.09 Å². The summed E-state index contributed by atoms with van der Waals surface area (Å²) in [5, 5.41) is 2.15. The van der Waals surface area contributed by atoms with E-state index in [0.29, 0.717) is 0 Å². The highest BCUT2D eigenvalue weighted by Crippen LogP contribution is 2.00. The molecule has 0 atom stereocenters. The predicted octanol–water partition coefficient (Wildman–Crippen LogP) is 2.10. The molecule has 4 heteroatoms. The molecular weight excluding hydrogens is 206 g/mol. The van der Waals surface area contributed by atoms with E-state index in [1.165, 1.54) is 0 Å². The first kappa shape index (κ1) is 12.2. The maximum Gasteiger partial charge on any atom is 0.414 e. The Hall–Kier alpha value is -1.84. The largest absolute Gasteiger partial charge is 0.444 e. The van der Waals surface area contributed by atoms with E-state index in [-0.39, 0.29) is 18.4 Å². The highest BCUT2D eigenvalue weighted by atomic mass is 16.5. The molecule has 0 saturated carbocycles. The number of ether oxygens (including phenoxy) is 1. The minimum atomic E-state index is -0.706. The van der Waals surface area contributed by atoms with Gasteiger partial charge in [-0.25, -0.2) is 4.79 Å². The number of rotatable bonds is 3. The first-order valence-corrected chi connectivity index (χ1v) is 5.11. The van der Waals surface area contributed by atoms with Crippen molar-refractivity contribution in [3.05, 3.63) is 35.9 Å². The molecule has 0 aliphatic carbocycles. The Morgan fingerprint density at radius 2 is 1.88 bits per heavy atom. The van der Waals surface area contributed by atoms with Crippen LogP contribution >= 0.6 is 0 Å². The SMILES string of the molecule is CC(C)C(=O)NC(=O)OCc1ccccc1. The molecule has 0 heterocycles. The van der Waals surface area contributed by atoms with Gasteiger partial charge in [-0.1, -0.05) is 44.2 Å². The van der Waals surface area contributed by atoms with Crippen LogP contribution in [0.4, 0.5) is 4.79 Å². The molecule has 0 unspecified atom stereocenters. The lowest BCUT2D eigenvalue weighted by atomic mass is 10.2. The molecule has 0 spiro atoms. The Morgan fingerprint density at radius 1 is 1.25 bits per heavy atom. The van der Waals surface area contributed by atoms with Crippen molar-refractivity contribution >= 4 is 12.0 Å². The molecule has 0 bridgehead atoms. The summed E-state index contributed by atoms with van der Waals surface area (Å²) in [7, 11) is 0. The van der Waals surface area contributed by atoms with Gasteiger partial charge in [0, 0.05) is 5.92 Å². The average molecular weight is 221 g/mol. The van der Waals surface area contributed by atoms with Crippen LogP contribution in [0.5, 0.6) is 0 Å². The summed E-state index contributed by atoms with van der Waals surface area (Å²) in [4.78, 5) is 22.3. The standard InChI is InChI=1S/C12H15NO3/c1-9(2)11(14)13-12(15)16-8-10-6-4-3-5-7-10/h3-7,9H,8H2,1-2H3,(H,13,14,15). The lowest BCUT2D eigenvalue weighted by Gasteiger charge is -2.07. The Kier molecular flexibility index (Phi) is 4.51. The Balaban J connectivity index is 2.34. The van der Waals surface area contributed by atoms with Gasteiger partial charge in [0.2, 0.25) is 5.91 Å². The molecule has 1 aromatic rings. The molecule has 0 aliphatic heterocycles. The fourth-order valence-corrected chi connectivity index (χ4v) is 1.00. The summed E-state index contributed by atoms with van der Waals surface area (Å²) in [6.07, 6.45) is -0.706. The number of alkyl carbamates (subject to hydrolysis) is 1. The van der Waals surface area contributed by atoms with Gasteiger partial charge in [-0.3, -0.25) is 10.1 Å². The van der Waals surface area contributed by atoms with Crippen molar-refractivity contribution in [2.24, 2.45) is 5.92 Å². The van der Waals surface area contributed by atoms with Crippen molar-refractivity contribution in [2.45, 2.75) is 20.5 Å². The van der Waals surface area contributed by atoms with Crippen molar-refractivity contribution in [1.29, 1.82) is 0 Å². The third kappa shape index (κ3) is 4.13. The second-order valence-electron chi connectivity index (χ2n) is 3.71. The summed E-state index contributed by atoms with van der Waals surface area (Å²) < 4.78 is 4.88. The van der Waals surface area contributed by atoms with E-state index in [1.54, 1.807) is 13.8 Å². The zero-order valence-electron chi connectivity index (χ0n) is 9.40. The van der Waals surface area contributed by atoms with Crippen LogP contribution in [0.1, 0.15) is 19.4 Å². The molecule has 1 rings (SSSR count). The highest BCUT2D eigenvalue weighted by molar-refractivity contribution is 5.92. The molecule has 0 aromatic heterocycles. The van der Waals surface area contributed by atoms with Gasteiger partial charge < -0.3 is 4.74 Å². The van der Waals surface area contributed by atoms with E-state index in [2.05, 4.69) is 5.32 Å². The molecule has 0 aliphatic rings. The molecule has 86 valence electrons. The van der Waals surface area contributed by atoms with Gasteiger partial charge in [-0.15, -0.1) is 0 Å². The van der Waals surface area contributed by atoms with E-state index in [1.807, 2.05) is 30.3 Å². The van der Waals surface area contributed by atoms with Gasteiger partial charge in [-0.2, -0.15) is 0 Å². The van der Waals surface area contributed by atoms with Gasteiger partial charge in [0.15, 0.2) is 0 Å². The Morgan fingerprint density at radius 3 is 2.44 bits per heavy atom. The summed E-state index contributed by atoms with van der Waals surface area (Å²) >= 11 is 0. The Labute approximate surface area is 94.6 Å². The molecular formula is C12H15NO3. The van der Waals surface area contributed by atoms with E-state index >= 15 is 0 Å². The maximum absolute atomic E-state index is 11.2. The highest BCUT2D eigenvalue weighted by Gasteiger charge is 2.11. The molecule has 1 N–H and O–H groups in total. The number of carbonyl (C=O) groups is 2. The maximum atomic E-state index is 11.2. The number of benzene rings is 1. The van der Waals surface area contributed by atoms with Gasteiger partial charge in [-0.05, 0) is 5.56 Å². The zero-order valence-corrected chi connectivity index (χ0v) is 9.40. The third-order valence-electron chi connectivity index (χ3n) is 1.96. The second kappa shape index (κ2) is 5.90. The van der Waals surface area contributed by atoms with Crippen molar-refractivity contribution in [2.75, 3.05) is 0 Å². The van der Waals surface area contributed by atoms with Gasteiger partial charge in [0.1, 0.15) is 6.61 Å². The van der Waals surface area contributed by atoms with Crippen LogP contribution in [-0.2, 0) is 16.1 Å².